The Morgan fingerprint density at radius 3 is 2.43 bits per heavy atom. The normalized spacial score (nSPS) is 43.1. The SMILES string of the molecule is CC1(C)[C@H]2CC[C@@]1(C)[C@H](OC(=O)C[C@@H]1CCS(=O)(=O)C1)C2. The van der Waals surface area contributed by atoms with Crippen molar-refractivity contribution in [1.29, 1.82) is 0 Å². The fourth-order valence-corrected chi connectivity index (χ4v) is 6.65. The van der Waals surface area contributed by atoms with E-state index in [0.717, 1.165) is 12.8 Å². The molecular formula is C16H26O4S. The van der Waals surface area contributed by atoms with Crippen molar-refractivity contribution in [2.75, 3.05) is 11.5 Å². The summed E-state index contributed by atoms with van der Waals surface area (Å²) in [5, 5.41) is 0. The third-order valence-electron chi connectivity index (χ3n) is 6.77. The predicted molar refractivity (Wildman–Crippen MR) is 80.5 cm³/mol. The summed E-state index contributed by atoms with van der Waals surface area (Å²) in [4.78, 5) is 12.2. The van der Waals surface area contributed by atoms with Crippen LogP contribution in [0.2, 0.25) is 0 Å². The van der Waals surface area contributed by atoms with Crippen molar-refractivity contribution in [2.24, 2.45) is 22.7 Å². The lowest BCUT2D eigenvalue weighted by Gasteiger charge is -2.38. The Balaban J connectivity index is 1.60. The molecule has 0 radical (unpaired) electrons. The van der Waals surface area contributed by atoms with Crippen LogP contribution in [-0.2, 0) is 19.4 Å². The average Bonchev–Trinajstić information content (AvgIpc) is 2.86. The van der Waals surface area contributed by atoms with E-state index in [4.69, 9.17) is 4.74 Å². The van der Waals surface area contributed by atoms with Crippen molar-refractivity contribution < 1.29 is 17.9 Å². The van der Waals surface area contributed by atoms with E-state index in [-0.39, 0.29) is 46.7 Å². The van der Waals surface area contributed by atoms with Crippen molar-refractivity contribution in [2.45, 2.75) is 59.0 Å². The number of hydrogen-bond donors (Lipinski definition) is 0. The molecular weight excluding hydrogens is 288 g/mol. The predicted octanol–water partition coefficient (Wildman–Crippen LogP) is 2.57. The van der Waals surface area contributed by atoms with E-state index in [2.05, 4.69) is 20.8 Å². The van der Waals surface area contributed by atoms with Gasteiger partial charge in [0.1, 0.15) is 6.10 Å². The van der Waals surface area contributed by atoms with Gasteiger partial charge in [-0.15, -0.1) is 0 Å². The summed E-state index contributed by atoms with van der Waals surface area (Å²) in [5.74, 6) is 0.778. The lowest BCUT2D eigenvalue weighted by Crippen LogP contribution is -2.38. The van der Waals surface area contributed by atoms with E-state index in [9.17, 15) is 13.2 Å². The molecule has 3 rings (SSSR count). The van der Waals surface area contributed by atoms with Crippen molar-refractivity contribution in [3.05, 3.63) is 0 Å². The first-order valence-electron chi connectivity index (χ1n) is 8.04. The van der Waals surface area contributed by atoms with Gasteiger partial charge in [-0.2, -0.15) is 0 Å². The quantitative estimate of drug-likeness (QED) is 0.751. The van der Waals surface area contributed by atoms with Crippen LogP contribution in [0.5, 0.6) is 0 Å². The summed E-state index contributed by atoms with van der Waals surface area (Å²) >= 11 is 0. The Morgan fingerprint density at radius 1 is 1.24 bits per heavy atom. The van der Waals surface area contributed by atoms with Crippen LogP contribution < -0.4 is 0 Å². The van der Waals surface area contributed by atoms with Gasteiger partial charge < -0.3 is 4.74 Å². The maximum Gasteiger partial charge on any atom is 0.306 e. The average molecular weight is 314 g/mol. The van der Waals surface area contributed by atoms with Gasteiger partial charge in [0.15, 0.2) is 9.84 Å². The summed E-state index contributed by atoms with van der Waals surface area (Å²) in [5.41, 5.74) is 0.309. The Kier molecular flexibility index (Phi) is 3.43. The Hall–Kier alpha value is -0.580. The van der Waals surface area contributed by atoms with Crippen molar-refractivity contribution in [3.8, 4) is 0 Å². The zero-order valence-corrected chi connectivity index (χ0v) is 14.0. The maximum atomic E-state index is 12.2. The fraction of sp³-hybridized carbons (Fsp3) is 0.938. The molecule has 3 aliphatic rings. The number of carbonyl (C=O) groups excluding carboxylic acids is 1. The minimum absolute atomic E-state index is 0.0109. The second-order valence-electron chi connectivity index (χ2n) is 8.06. The highest BCUT2D eigenvalue weighted by Crippen LogP contribution is 2.66. The number of carbonyl (C=O) groups is 1. The van der Waals surface area contributed by atoms with Crippen LogP contribution in [-0.4, -0.2) is 32.0 Å². The largest absolute Gasteiger partial charge is 0.462 e. The Labute approximate surface area is 127 Å². The Bertz CT molecular complexity index is 551. The van der Waals surface area contributed by atoms with E-state index in [1.54, 1.807) is 0 Å². The highest BCUT2D eigenvalue weighted by molar-refractivity contribution is 7.91. The first kappa shape index (κ1) is 15.3. The molecule has 120 valence electrons. The van der Waals surface area contributed by atoms with E-state index >= 15 is 0 Å². The second-order valence-corrected chi connectivity index (χ2v) is 10.3. The molecule has 0 amide bonds. The fourth-order valence-electron chi connectivity index (χ4n) is 4.78. The zero-order valence-electron chi connectivity index (χ0n) is 13.2. The molecule has 0 spiro atoms. The zero-order chi connectivity index (χ0) is 15.5. The minimum atomic E-state index is -2.92. The van der Waals surface area contributed by atoms with Crippen LogP contribution in [0.4, 0.5) is 0 Å². The molecule has 2 bridgehead atoms. The van der Waals surface area contributed by atoms with Gasteiger partial charge in [0.2, 0.25) is 0 Å². The molecule has 1 heterocycles. The van der Waals surface area contributed by atoms with Crippen LogP contribution in [0.15, 0.2) is 0 Å². The van der Waals surface area contributed by atoms with E-state index < -0.39 is 9.84 Å². The molecule has 5 heteroatoms. The van der Waals surface area contributed by atoms with Crippen LogP contribution >= 0.6 is 0 Å². The number of hydrogen-bond acceptors (Lipinski definition) is 4. The second kappa shape index (κ2) is 4.71. The summed E-state index contributed by atoms with van der Waals surface area (Å²) < 4.78 is 28.7. The molecule has 4 nitrogen and oxygen atoms in total. The van der Waals surface area contributed by atoms with Crippen molar-refractivity contribution in [3.63, 3.8) is 0 Å². The molecule has 1 saturated heterocycles. The molecule has 0 aromatic rings. The lowest BCUT2D eigenvalue weighted by atomic mass is 9.70. The molecule has 21 heavy (non-hydrogen) atoms. The lowest BCUT2D eigenvalue weighted by molar-refractivity contribution is -0.157. The van der Waals surface area contributed by atoms with Crippen LogP contribution in [0, 0.1) is 22.7 Å². The smallest absolute Gasteiger partial charge is 0.306 e. The summed E-state index contributed by atoms with van der Waals surface area (Å²) in [6, 6.07) is 0. The molecule has 2 aliphatic carbocycles. The minimum Gasteiger partial charge on any atom is -0.462 e. The van der Waals surface area contributed by atoms with Gasteiger partial charge in [-0.3, -0.25) is 4.79 Å². The topological polar surface area (TPSA) is 60.4 Å². The van der Waals surface area contributed by atoms with Gasteiger partial charge in [-0.1, -0.05) is 20.8 Å². The Morgan fingerprint density at radius 2 is 1.95 bits per heavy atom. The first-order chi connectivity index (χ1) is 9.64. The van der Waals surface area contributed by atoms with Gasteiger partial charge in [-0.25, -0.2) is 8.42 Å². The number of sulfone groups is 1. The number of esters is 1. The van der Waals surface area contributed by atoms with Gasteiger partial charge in [-0.05, 0) is 42.9 Å². The third-order valence-corrected chi connectivity index (χ3v) is 8.61. The monoisotopic (exact) mass is 314 g/mol. The van der Waals surface area contributed by atoms with Crippen LogP contribution in [0.3, 0.4) is 0 Å². The van der Waals surface area contributed by atoms with Gasteiger partial charge >= 0.3 is 5.97 Å². The molecule has 4 atom stereocenters. The molecule has 0 aromatic carbocycles. The molecule has 1 aliphatic heterocycles. The highest BCUT2D eigenvalue weighted by atomic mass is 32.2. The van der Waals surface area contributed by atoms with E-state index in [1.807, 2.05) is 0 Å². The highest BCUT2D eigenvalue weighted by Gasteiger charge is 2.62. The maximum absolute atomic E-state index is 12.2. The third kappa shape index (κ3) is 2.41. The van der Waals surface area contributed by atoms with E-state index in [1.165, 1.54) is 6.42 Å². The van der Waals surface area contributed by atoms with Gasteiger partial charge in [0.05, 0.1) is 11.5 Å². The standard InChI is InChI=1S/C16H26O4S/c1-15(2)12-4-6-16(15,3)13(9-12)20-14(17)8-11-5-7-21(18,19)10-11/h11-13H,4-10H2,1-3H3/t11-,12-,13+,16-/m0/s1. The van der Waals surface area contributed by atoms with E-state index in [0.29, 0.717) is 12.3 Å². The summed E-state index contributed by atoms with van der Waals surface area (Å²) in [6.45, 7) is 6.84. The first-order valence-corrected chi connectivity index (χ1v) is 9.86. The molecule has 0 aromatic heterocycles. The van der Waals surface area contributed by atoms with Gasteiger partial charge in [0, 0.05) is 11.8 Å². The molecule has 0 N–H and O–H groups in total. The molecule has 2 saturated carbocycles. The van der Waals surface area contributed by atoms with Crippen LogP contribution in [0.25, 0.3) is 0 Å². The summed E-state index contributed by atoms with van der Waals surface area (Å²) in [7, 11) is -2.92. The van der Waals surface area contributed by atoms with Gasteiger partial charge in [0.25, 0.3) is 0 Å². The molecule has 3 fully saturated rings. The number of fused-ring (bicyclic) bond motifs is 2. The number of ether oxygens (including phenoxy) is 1. The number of rotatable bonds is 3. The van der Waals surface area contributed by atoms with Crippen molar-refractivity contribution >= 4 is 15.8 Å². The van der Waals surface area contributed by atoms with Crippen molar-refractivity contribution in [1.82, 2.24) is 0 Å². The summed E-state index contributed by atoms with van der Waals surface area (Å²) in [6.07, 6.45) is 4.21. The van der Waals surface area contributed by atoms with Crippen LogP contribution in [0.1, 0.15) is 52.9 Å². The molecule has 0 unspecified atom stereocenters.